The summed E-state index contributed by atoms with van der Waals surface area (Å²) in [6.07, 6.45) is 2.06. The first-order valence-corrected chi connectivity index (χ1v) is 5.64. The zero-order valence-electron chi connectivity index (χ0n) is 11.2. The van der Waals surface area contributed by atoms with E-state index < -0.39 is 0 Å². The summed E-state index contributed by atoms with van der Waals surface area (Å²) in [4.78, 5) is 0. The average molecular weight is 225 g/mol. The maximum atomic E-state index is 5.38. The van der Waals surface area contributed by atoms with Gasteiger partial charge in [-0.25, -0.2) is 0 Å². The quantitative estimate of drug-likeness (QED) is 0.830. The van der Waals surface area contributed by atoms with E-state index in [0.29, 0.717) is 6.04 Å². The molecule has 16 heavy (non-hydrogen) atoms. The highest BCUT2D eigenvalue weighted by Gasteiger charge is 2.19. The molecule has 0 aromatic carbocycles. The molecule has 1 heterocycles. The third kappa shape index (κ3) is 3.32. The van der Waals surface area contributed by atoms with Crippen LogP contribution in [-0.4, -0.2) is 29.0 Å². The molecule has 0 fully saturated rings. The van der Waals surface area contributed by atoms with E-state index in [1.54, 1.807) is 7.11 Å². The highest BCUT2D eigenvalue weighted by molar-refractivity contribution is 5.19. The first-order chi connectivity index (χ1) is 7.35. The molecule has 0 saturated carbocycles. The van der Waals surface area contributed by atoms with Gasteiger partial charge in [0.1, 0.15) is 0 Å². The maximum Gasteiger partial charge on any atom is 0.0746 e. The normalized spacial score (nSPS) is 14.1. The fraction of sp³-hybridized carbons (Fsp3) is 0.750. The standard InChI is InChI=1S/C12H23N3O/c1-9(13-8-12(3,4)16-6)11-7-15(5)14-10(11)2/h7,9,13H,8H2,1-6H3. The van der Waals surface area contributed by atoms with Crippen LogP contribution in [0.4, 0.5) is 0 Å². The van der Waals surface area contributed by atoms with E-state index >= 15 is 0 Å². The van der Waals surface area contributed by atoms with Gasteiger partial charge in [-0.3, -0.25) is 4.68 Å². The van der Waals surface area contributed by atoms with Crippen LogP contribution in [0.5, 0.6) is 0 Å². The molecular formula is C12H23N3O. The van der Waals surface area contributed by atoms with Crippen LogP contribution >= 0.6 is 0 Å². The second-order valence-corrected chi connectivity index (χ2v) is 4.91. The van der Waals surface area contributed by atoms with Gasteiger partial charge in [0, 0.05) is 38.5 Å². The van der Waals surface area contributed by atoms with Gasteiger partial charge in [-0.15, -0.1) is 0 Å². The van der Waals surface area contributed by atoms with Crippen LogP contribution in [0.3, 0.4) is 0 Å². The maximum absolute atomic E-state index is 5.38. The molecule has 0 aliphatic carbocycles. The first-order valence-electron chi connectivity index (χ1n) is 5.64. The van der Waals surface area contributed by atoms with Crippen LogP contribution in [0.15, 0.2) is 6.20 Å². The Morgan fingerprint density at radius 3 is 2.62 bits per heavy atom. The Morgan fingerprint density at radius 1 is 1.56 bits per heavy atom. The van der Waals surface area contributed by atoms with E-state index in [0.717, 1.165) is 12.2 Å². The summed E-state index contributed by atoms with van der Waals surface area (Å²) in [6.45, 7) is 9.15. The van der Waals surface area contributed by atoms with Gasteiger partial charge < -0.3 is 10.1 Å². The van der Waals surface area contributed by atoms with Crippen molar-refractivity contribution in [3.63, 3.8) is 0 Å². The highest BCUT2D eigenvalue weighted by atomic mass is 16.5. The molecule has 1 atom stereocenters. The molecule has 0 saturated heterocycles. The van der Waals surface area contributed by atoms with Gasteiger partial charge in [0.2, 0.25) is 0 Å². The monoisotopic (exact) mass is 225 g/mol. The number of methoxy groups -OCH3 is 1. The van der Waals surface area contributed by atoms with Crippen LogP contribution in [-0.2, 0) is 11.8 Å². The predicted octanol–water partition coefficient (Wildman–Crippen LogP) is 1.80. The minimum atomic E-state index is -0.135. The van der Waals surface area contributed by atoms with Crippen LogP contribution < -0.4 is 5.32 Å². The van der Waals surface area contributed by atoms with Gasteiger partial charge in [0.15, 0.2) is 0 Å². The Labute approximate surface area is 98.0 Å². The molecule has 0 bridgehead atoms. The van der Waals surface area contributed by atoms with E-state index in [9.17, 15) is 0 Å². The lowest BCUT2D eigenvalue weighted by Gasteiger charge is -2.25. The van der Waals surface area contributed by atoms with Gasteiger partial charge in [-0.2, -0.15) is 5.10 Å². The van der Waals surface area contributed by atoms with E-state index in [2.05, 4.69) is 37.4 Å². The number of ether oxygens (including phenoxy) is 1. The fourth-order valence-electron chi connectivity index (χ4n) is 1.62. The van der Waals surface area contributed by atoms with Crippen molar-refractivity contribution >= 4 is 0 Å². The van der Waals surface area contributed by atoms with Crippen molar-refractivity contribution in [1.82, 2.24) is 15.1 Å². The largest absolute Gasteiger partial charge is 0.377 e. The Bertz CT molecular complexity index is 344. The Morgan fingerprint density at radius 2 is 2.19 bits per heavy atom. The Hall–Kier alpha value is -0.870. The van der Waals surface area contributed by atoms with Crippen LogP contribution in [0.2, 0.25) is 0 Å². The topological polar surface area (TPSA) is 39.1 Å². The molecule has 1 aromatic heterocycles. The lowest BCUT2D eigenvalue weighted by molar-refractivity contribution is 0.0214. The minimum Gasteiger partial charge on any atom is -0.377 e. The lowest BCUT2D eigenvalue weighted by Crippen LogP contribution is -2.37. The average Bonchev–Trinajstić information content (AvgIpc) is 2.54. The summed E-state index contributed by atoms with van der Waals surface area (Å²) < 4.78 is 7.23. The molecule has 1 N–H and O–H groups in total. The number of aryl methyl sites for hydroxylation is 2. The third-order valence-corrected chi connectivity index (χ3v) is 2.90. The number of rotatable bonds is 5. The number of hydrogen-bond acceptors (Lipinski definition) is 3. The molecule has 1 aromatic rings. The number of aromatic nitrogens is 2. The van der Waals surface area contributed by atoms with E-state index in [-0.39, 0.29) is 5.60 Å². The van der Waals surface area contributed by atoms with E-state index in [1.807, 2.05) is 18.7 Å². The minimum absolute atomic E-state index is 0.135. The van der Waals surface area contributed by atoms with Crippen LogP contribution in [0.25, 0.3) is 0 Å². The summed E-state index contributed by atoms with van der Waals surface area (Å²) in [5.74, 6) is 0. The van der Waals surface area contributed by atoms with Crippen molar-refractivity contribution in [3.05, 3.63) is 17.5 Å². The number of nitrogens with zero attached hydrogens (tertiary/aromatic N) is 2. The molecule has 1 rings (SSSR count). The number of nitrogens with one attached hydrogen (secondary N) is 1. The first kappa shape index (κ1) is 13.2. The molecule has 4 nitrogen and oxygen atoms in total. The summed E-state index contributed by atoms with van der Waals surface area (Å²) >= 11 is 0. The summed E-state index contributed by atoms with van der Waals surface area (Å²) in [5.41, 5.74) is 2.19. The fourth-order valence-corrected chi connectivity index (χ4v) is 1.62. The van der Waals surface area contributed by atoms with Gasteiger partial charge >= 0.3 is 0 Å². The lowest BCUT2D eigenvalue weighted by atomic mass is 10.1. The predicted molar refractivity (Wildman–Crippen MR) is 65.5 cm³/mol. The van der Waals surface area contributed by atoms with E-state index in [4.69, 9.17) is 4.74 Å². The molecule has 0 radical (unpaired) electrons. The number of hydrogen-bond donors (Lipinski definition) is 1. The SMILES string of the molecule is COC(C)(C)CNC(C)c1cn(C)nc1C. The smallest absolute Gasteiger partial charge is 0.0746 e. The van der Waals surface area contributed by atoms with Crippen molar-refractivity contribution in [3.8, 4) is 0 Å². The van der Waals surface area contributed by atoms with Gasteiger partial charge in [0.25, 0.3) is 0 Å². The van der Waals surface area contributed by atoms with Gasteiger partial charge in [0.05, 0.1) is 11.3 Å². The van der Waals surface area contributed by atoms with Crippen molar-refractivity contribution < 1.29 is 4.74 Å². The molecule has 0 spiro atoms. The van der Waals surface area contributed by atoms with Gasteiger partial charge in [-0.1, -0.05) is 0 Å². The zero-order chi connectivity index (χ0) is 12.3. The highest BCUT2D eigenvalue weighted by Crippen LogP contribution is 2.16. The zero-order valence-corrected chi connectivity index (χ0v) is 11.2. The molecule has 0 aliphatic rings. The second-order valence-electron chi connectivity index (χ2n) is 4.91. The summed E-state index contributed by atoms with van der Waals surface area (Å²) in [5, 5.41) is 7.81. The summed E-state index contributed by atoms with van der Waals surface area (Å²) in [7, 11) is 3.68. The second kappa shape index (κ2) is 4.97. The van der Waals surface area contributed by atoms with Crippen molar-refractivity contribution in [2.24, 2.45) is 7.05 Å². The van der Waals surface area contributed by atoms with Crippen LogP contribution in [0, 0.1) is 6.92 Å². The Balaban J connectivity index is 2.59. The Kier molecular flexibility index (Phi) is 4.10. The molecule has 0 aliphatic heterocycles. The van der Waals surface area contributed by atoms with Crippen LogP contribution in [0.1, 0.15) is 38.1 Å². The molecule has 92 valence electrons. The molecule has 1 unspecified atom stereocenters. The summed E-state index contributed by atoms with van der Waals surface area (Å²) in [6, 6.07) is 0.295. The van der Waals surface area contributed by atoms with Crippen molar-refractivity contribution in [2.45, 2.75) is 39.3 Å². The molecular weight excluding hydrogens is 202 g/mol. The molecule has 0 amide bonds. The molecule has 4 heteroatoms. The van der Waals surface area contributed by atoms with E-state index in [1.165, 1.54) is 5.56 Å². The third-order valence-electron chi connectivity index (χ3n) is 2.90. The van der Waals surface area contributed by atoms with Gasteiger partial charge in [-0.05, 0) is 27.7 Å². The van der Waals surface area contributed by atoms with Crippen molar-refractivity contribution in [1.29, 1.82) is 0 Å². The van der Waals surface area contributed by atoms with Crippen molar-refractivity contribution in [2.75, 3.05) is 13.7 Å².